The van der Waals surface area contributed by atoms with Gasteiger partial charge in [0.05, 0.1) is 5.25 Å². The van der Waals surface area contributed by atoms with E-state index < -0.39 is 9.84 Å². The molecule has 4 heteroatoms. The van der Waals surface area contributed by atoms with Crippen molar-refractivity contribution in [2.75, 3.05) is 5.75 Å². The molecule has 0 bridgehead atoms. The highest BCUT2D eigenvalue weighted by Crippen LogP contribution is 2.46. The van der Waals surface area contributed by atoms with Crippen molar-refractivity contribution < 1.29 is 8.42 Å². The fourth-order valence-corrected chi connectivity index (χ4v) is 3.56. The van der Waals surface area contributed by atoms with Crippen molar-refractivity contribution in [3.63, 3.8) is 0 Å². The van der Waals surface area contributed by atoms with E-state index in [9.17, 15) is 8.42 Å². The topological polar surface area (TPSA) is 34.1 Å². The molecule has 0 radical (unpaired) electrons. The van der Waals surface area contributed by atoms with E-state index >= 15 is 0 Å². The van der Waals surface area contributed by atoms with Crippen molar-refractivity contribution in [2.45, 2.75) is 24.5 Å². The van der Waals surface area contributed by atoms with E-state index in [1.807, 2.05) is 24.3 Å². The standard InChI is InChI=1S/C11H13ClO2S/c1-2-15(13,14)11-7-10(11)8-3-5-9(12)6-4-8/h3-6,10-11H,2,7H2,1H3/t10-,11+/m1/s1. The minimum atomic E-state index is -2.87. The number of halogens is 1. The normalized spacial score (nSPS) is 25.2. The van der Waals surface area contributed by atoms with Gasteiger partial charge in [0.15, 0.2) is 9.84 Å². The summed E-state index contributed by atoms with van der Waals surface area (Å²) in [5.41, 5.74) is 1.08. The SMILES string of the molecule is CCS(=O)(=O)[C@H]1C[C@@H]1c1ccc(Cl)cc1. The minimum Gasteiger partial charge on any atom is -0.229 e. The summed E-state index contributed by atoms with van der Waals surface area (Å²) in [6, 6.07) is 7.45. The molecule has 0 heterocycles. The Kier molecular flexibility index (Phi) is 2.77. The summed E-state index contributed by atoms with van der Waals surface area (Å²) < 4.78 is 23.2. The number of rotatable bonds is 3. The fraction of sp³-hybridized carbons (Fsp3) is 0.455. The van der Waals surface area contributed by atoms with E-state index in [-0.39, 0.29) is 16.9 Å². The van der Waals surface area contributed by atoms with Crippen molar-refractivity contribution >= 4 is 21.4 Å². The van der Waals surface area contributed by atoms with Crippen LogP contribution in [-0.2, 0) is 9.84 Å². The van der Waals surface area contributed by atoms with Crippen molar-refractivity contribution in [3.05, 3.63) is 34.9 Å². The lowest BCUT2D eigenvalue weighted by Crippen LogP contribution is -2.10. The van der Waals surface area contributed by atoms with Crippen LogP contribution >= 0.6 is 11.6 Å². The Morgan fingerprint density at radius 1 is 1.33 bits per heavy atom. The Labute approximate surface area is 95.2 Å². The molecule has 2 rings (SSSR count). The van der Waals surface area contributed by atoms with E-state index in [1.165, 1.54) is 0 Å². The van der Waals surface area contributed by atoms with Gasteiger partial charge in [-0.05, 0) is 24.1 Å². The zero-order valence-electron chi connectivity index (χ0n) is 8.48. The van der Waals surface area contributed by atoms with E-state index in [0.717, 1.165) is 12.0 Å². The molecular weight excluding hydrogens is 232 g/mol. The minimum absolute atomic E-state index is 0.163. The summed E-state index contributed by atoms with van der Waals surface area (Å²) in [7, 11) is -2.87. The molecule has 0 spiro atoms. The van der Waals surface area contributed by atoms with Gasteiger partial charge in [-0.15, -0.1) is 0 Å². The van der Waals surface area contributed by atoms with Gasteiger partial charge in [-0.3, -0.25) is 0 Å². The Bertz CT molecular complexity index is 450. The predicted octanol–water partition coefficient (Wildman–Crippen LogP) is 2.63. The highest BCUT2D eigenvalue weighted by atomic mass is 35.5. The van der Waals surface area contributed by atoms with Gasteiger partial charge >= 0.3 is 0 Å². The van der Waals surface area contributed by atoms with Gasteiger partial charge < -0.3 is 0 Å². The number of benzene rings is 1. The maximum atomic E-state index is 11.6. The smallest absolute Gasteiger partial charge is 0.153 e. The molecule has 0 N–H and O–H groups in total. The molecule has 1 aromatic carbocycles. The molecule has 1 saturated carbocycles. The summed E-state index contributed by atoms with van der Waals surface area (Å²) in [5, 5.41) is 0.526. The second-order valence-electron chi connectivity index (χ2n) is 3.88. The van der Waals surface area contributed by atoms with Crippen molar-refractivity contribution in [3.8, 4) is 0 Å². The van der Waals surface area contributed by atoms with Crippen LogP contribution in [-0.4, -0.2) is 19.4 Å². The van der Waals surface area contributed by atoms with Crippen LogP contribution in [0.25, 0.3) is 0 Å². The first-order chi connectivity index (χ1) is 7.04. The van der Waals surface area contributed by atoms with E-state index in [2.05, 4.69) is 0 Å². The van der Waals surface area contributed by atoms with Gasteiger partial charge in [0.2, 0.25) is 0 Å². The first-order valence-electron chi connectivity index (χ1n) is 5.01. The maximum Gasteiger partial charge on any atom is 0.153 e. The molecule has 1 aromatic rings. The third-order valence-electron chi connectivity index (χ3n) is 2.89. The second kappa shape index (κ2) is 3.80. The number of sulfone groups is 1. The third-order valence-corrected chi connectivity index (χ3v) is 5.39. The van der Waals surface area contributed by atoms with Gasteiger partial charge in [0, 0.05) is 16.7 Å². The lowest BCUT2D eigenvalue weighted by Gasteiger charge is -2.01. The van der Waals surface area contributed by atoms with Gasteiger partial charge in [0.25, 0.3) is 0 Å². The van der Waals surface area contributed by atoms with E-state index in [4.69, 9.17) is 11.6 Å². The lowest BCUT2D eigenvalue weighted by atomic mass is 10.1. The van der Waals surface area contributed by atoms with Crippen molar-refractivity contribution in [1.82, 2.24) is 0 Å². The lowest BCUT2D eigenvalue weighted by molar-refractivity contribution is 0.595. The first kappa shape index (κ1) is 11.0. The molecule has 2 atom stereocenters. The van der Waals surface area contributed by atoms with E-state index in [1.54, 1.807) is 6.92 Å². The Morgan fingerprint density at radius 2 is 1.93 bits per heavy atom. The molecule has 0 saturated heterocycles. The van der Waals surface area contributed by atoms with Crippen LogP contribution in [0.1, 0.15) is 24.8 Å². The summed E-state index contributed by atoms with van der Waals surface area (Å²) >= 11 is 5.77. The predicted molar refractivity (Wildman–Crippen MR) is 62.1 cm³/mol. The fourth-order valence-electron chi connectivity index (χ4n) is 1.84. The Balaban J connectivity index is 2.15. The first-order valence-corrected chi connectivity index (χ1v) is 7.11. The molecule has 1 aliphatic carbocycles. The van der Waals surface area contributed by atoms with Crippen LogP contribution in [0.4, 0.5) is 0 Å². The molecule has 1 aliphatic rings. The van der Waals surface area contributed by atoms with E-state index in [0.29, 0.717) is 5.02 Å². The number of hydrogen-bond donors (Lipinski definition) is 0. The Hall–Kier alpha value is -0.540. The van der Waals surface area contributed by atoms with Crippen LogP contribution in [0.5, 0.6) is 0 Å². The molecule has 0 aliphatic heterocycles. The van der Waals surface area contributed by atoms with Gasteiger partial charge in [-0.2, -0.15) is 0 Å². The van der Waals surface area contributed by atoms with Gasteiger partial charge in [-0.25, -0.2) is 8.42 Å². The Morgan fingerprint density at radius 3 is 2.47 bits per heavy atom. The highest BCUT2D eigenvalue weighted by Gasteiger charge is 2.46. The molecule has 15 heavy (non-hydrogen) atoms. The molecule has 1 fully saturated rings. The molecule has 0 aromatic heterocycles. The second-order valence-corrected chi connectivity index (χ2v) is 6.83. The average Bonchev–Trinajstić information content (AvgIpc) is 2.99. The van der Waals surface area contributed by atoms with Gasteiger partial charge in [0.1, 0.15) is 0 Å². The van der Waals surface area contributed by atoms with Crippen molar-refractivity contribution in [2.24, 2.45) is 0 Å². The number of hydrogen-bond acceptors (Lipinski definition) is 2. The highest BCUT2D eigenvalue weighted by molar-refractivity contribution is 7.92. The quantitative estimate of drug-likeness (QED) is 0.819. The summed E-state index contributed by atoms with van der Waals surface area (Å²) in [5.74, 6) is 0.425. The largest absolute Gasteiger partial charge is 0.229 e. The van der Waals surface area contributed by atoms with Crippen LogP contribution in [0.2, 0.25) is 5.02 Å². The molecule has 2 nitrogen and oxygen atoms in total. The molecular formula is C11H13ClO2S. The van der Waals surface area contributed by atoms with Crippen molar-refractivity contribution in [1.29, 1.82) is 0 Å². The molecule has 0 unspecified atom stereocenters. The zero-order chi connectivity index (χ0) is 11.1. The monoisotopic (exact) mass is 244 g/mol. The summed E-state index contributed by atoms with van der Waals surface area (Å²) in [6.45, 7) is 1.70. The summed E-state index contributed by atoms with van der Waals surface area (Å²) in [4.78, 5) is 0. The van der Waals surface area contributed by atoms with Crippen LogP contribution < -0.4 is 0 Å². The third kappa shape index (κ3) is 2.18. The average molecular weight is 245 g/mol. The van der Waals surface area contributed by atoms with Crippen LogP contribution in [0.3, 0.4) is 0 Å². The summed E-state index contributed by atoms with van der Waals surface area (Å²) in [6.07, 6.45) is 0.762. The maximum absolute atomic E-state index is 11.6. The zero-order valence-corrected chi connectivity index (χ0v) is 10.1. The van der Waals surface area contributed by atoms with Crippen LogP contribution in [0.15, 0.2) is 24.3 Å². The molecule has 0 amide bonds. The van der Waals surface area contributed by atoms with Crippen LogP contribution in [0, 0.1) is 0 Å². The van der Waals surface area contributed by atoms with Gasteiger partial charge in [-0.1, -0.05) is 30.7 Å². The molecule has 82 valence electrons.